The van der Waals surface area contributed by atoms with E-state index in [1.165, 1.54) is 32.1 Å². The van der Waals surface area contributed by atoms with E-state index < -0.39 is 55.4 Å². The van der Waals surface area contributed by atoms with E-state index in [0.29, 0.717) is 6.42 Å². The molecular weight excluding hydrogens is 446 g/mol. The summed E-state index contributed by atoms with van der Waals surface area (Å²) in [6.45, 7) is -0.837. The van der Waals surface area contributed by atoms with Gasteiger partial charge in [-0.1, -0.05) is 70.6 Å². The number of ether oxygens (including phenoxy) is 2. The fourth-order valence-electron chi connectivity index (χ4n) is 4.24. The van der Waals surface area contributed by atoms with Gasteiger partial charge in [-0.2, -0.15) is 0 Å². The predicted molar refractivity (Wildman–Crippen MR) is 126 cm³/mol. The first-order chi connectivity index (χ1) is 16.3. The molecule has 1 rings (SSSR count). The first kappa shape index (κ1) is 31.2. The molecular formula is C24H47NO9. The minimum absolute atomic E-state index is 0.270. The average molecular weight is 494 g/mol. The minimum atomic E-state index is -1.51. The maximum atomic E-state index is 10.5. The zero-order chi connectivity index (χ0) is 25.3. The first-order valence-electron chi connectivity index (χ1n) is 12.9. The van der Waals surface area contributed by atoms with Crippen molar-refractivity contribution in [1.29, 1.82) is 0 Å². The number of hydrogen-bond donors (Lipinski definition) is 7. The summed E-state index contributed by atoms with van der Waals surface area (Å²) in [7, 11) is 0. The normalized spacial score (nSPS) is 26.9. The topological polar surface area (TPSA) is 183 Å². The van der Waals surface area contributed by atoms with Crippen molar-refractivity contribution in [2.45, 2.75) is 133 Å². The van der Waals surface area contributed by atoms with Crippen molar-refractivity contribution in [1.82, 2.24) is 0 Å². The van der Waals surface area contributed by atoms with E-state index in [0.717, 1.165) is 44.9 Å². The van der Waals surface area contributed by atoms with Crippen LogP contribution in [0, 0.1) is 0 Å². The average Bonchev–Trinajstić information content (AvgIpc) is 2.82. The highest BCUT2D eigenvalue weighted by atomic mass is 16.7. The number of carboxylic acid groups (broad SMARTS) is 1. The van der Waals surface area contributed by atoms with Gasteiger partial charge in [0.15, 0.2) is 6.29 Å². The fourth-order valence-corrected chi connectivity index (χ4v) is 4.24. The van der Waals surface area contributed by atoms with E-state index in [2.05, 4.69) is 0 Å². The lowest BCUT2D eigenvalue weighted by atomic mass is 9.98. The molecule has 0 unspecified atom stereocenters. The Labute approximate surface area is 203 Å². The summed E-state index contributed by atoms with van der Waals surface area (Å²) in [6.07, 6.45) is 6.32. The molecule has 34 heavy (non-hydrogen) atoms. The second kappa shape index (κ2) is 18.4. The van der Waals surface area contributed by atoms with Crippen LogP contribution in [0.25, 0.3) is 0 Å². The number of carboxylic acids is 1. The number of aliphatic carboxylic acids is 1. The quantitative estimate of drug-likeness (QED) is 0.121. The van der Waals surface area contributed by atoms with Crippen molar-refractivity contribution >= 4 is 5.97 Å². The molecule has 0 aromatic heterocycles. The Kier molecular flexibility index (Phi) is 16.9. The van der Waals surface area contributed by atoms with Gasteiger partial charge in [0, 0.05) is 6.42 Å². The van der Waals surface area contributed by atoms with Gasteiger partial charge < -0.3 is 45.8 Å². The molecule has 0 radical (unpaired) electrons. The zero-order valence-electron chi connectivity index (χ0n) is 20.3. The molecule has 0 saturated carbocycles. The molecule has 1 heterocycles. The zero-order valence-corrected chi connectivity index (χ0v) is 20.3. The molecule has 0 bridgehead atoms. The number of unbranched alkanes of at least 4 members (excludes halogenated alkanes) is 11. The maximum absolute atomic E-state index is 10.5. The maximum Gasteiger partial charge on any atom is 0.303 e. The SMILES string of the molecule is N[C@@H](CO)[C@@H](CCCCCCCCCCCCCCC(=O)O)O[C@@H]1O[C@H](CO)[C@@H](O)[C@H](O)[C@H]1O. The molecule has 0 amide bonds. The molecule has 1 aliphatic heterocycles. The van der Waals surface area contributed by atoms with E-state index in [1.54, 1.807) is 0 Å². The Hall–Kier alpha value is -0.850. The Balaban J connectivity index is 2.17. The minimum Gasteiger partial charge on any atom is -0.481 e. The van der Waals surface area contributed by atoms with Gasteiger partial charge in [-0.25, -0.2) is 0 Å². The highest BCUT2D eigenvalue weighted by molar-refractivity contribution is 5.66. The van der Waals surface area contributed by atoms with Crippen LogP contribution < -0.4 is 5.73 Å². The summed E-state index contributed by atoms with van der Waals surface area (Å²) in [5.41, 5.74) is 5.97. The summed E-state index contributed by atoms with van der Waals surface area (Å²) in [5.74, 6) is -0.715. The second-order valence-electron chi connectivity index (χ2n) is 9.39. The Morgan fingerprint density at radius 3 is 1.76 bits per heavy atom. The van der Waals surface area contributed by atoms with Crippen LogP contribution in [0.1, 0.15) is 89.9 Å². The lowest BCUT2D eigenvalue weighted by molar-refractivity contribution is -0.313. The number of carbonyl (C=O) groups is 1. The van der Waals surface area contributed by atoms with Crippen LogP contribution in [0.3, 0.4) is 0 Å². The largest absolute Gasteiger partial charge is 0.481 e. The van der Waals surface area contributed by atoms with E-state index in [9.17, 15) is 30.3 Å². The van der Waals surface area contributed by atoms with E-state index in [-0.39, 0.29) is 13.0 Å². The molecule has 202 valence electrons. The van der Waals surface area contributed by atoms with Crippen molar-refractivity contribution in [2.24, 2.45) is 5.73 Å². The summed E-state index contributed by atoms with van der Waals surface area (Å²) < 4.78 is 11.1. The predicted octanol–water partition coefficient (Wildman–Crippen LogP) is 1.04. The van der Waals surface area contributed by atoms with Crippen LogP contribution in [0.5, 0.6) is 0 Å². The third-order valence-corrected chi connectivity index (χ3v) is 6.48. The van der Waals surface area contributed by atoms with Crippen LogP contribution in [0.4, 0.5) is 0 Å². The Bertz CT molecular complexity index is 523. The summed E-state index contributed by atoms with van der Waals surface area (Å²) in [5, 5.41) is 57.3. The van der Waals surface area contributed by atoms with Gasteiger partial charge in [-0.05, 0) is 12.8 Å². The number of nitrogens with two attached hydrogens (primary N) is 1. The molecule has 0 aliphatic carbocycles. The standard InChI is InChI=1S/C24H47NO9/c25-17(15-26)18(33-24-23(32)22(31)21(30)19(16-27)34-24)13-11-9-7-5-3-1-2-4-6-8-10-12-14-20(28)29/h17-19,21-24,26-27,30-32H,1-16,25H2,(H,28,29)/t17-,18+,19+,21+,22-,23+,24+/m0/s1. The molecule has 1 fully saturated rings. The lowest BCUT2D eigenvalue weighted by Crippen LogP contribution is -2.60. The number of aliphatic hydroxyl groups excluding tert-OH is 5. The van der Waals surface area contributed by atoms with Gasteiger partial charge in [-0.15, -0.1) is 0 Å². The van der Waals surface area contributed by atoms with Crippen molar-refractivity contribution < 1.29 is 44.9 Å². The van der Waals surface area contributed by atoms with Gasteiger partial charge in [0.1, 0.15) is 24.4 Å². The molecule has 7 atom stereocenters. The molecule has 8 N–H and O–H groups in total. The first-order valence-corrected chi connectivity index (χ1v) is 12.9. The van der Waals surface area contributed by atoms with Gasteiger partial charge in [0.25, 0.3) is 0 Å². The van der Waals surface area contributed by atoms with Crippen molar-refractivity contribution in [3.8, 4) is 0 Å². The van der Waals surface area contributed by atoms with Crippen LogP contribution >= 0.6 is 0 Å². The Morgan fingerprint density at radius 2 is 1.29 bits per heavy atom. The van der Waals surface area contributed by atoms with Crippen molar-refractivity contribution in [3.63, 3.8) is 0 Å². The van der Waals surface area contributed by atoms with Crippen molar-refractivity contribution in [2.75, 3.05) is 13.2 Å². The van der Waals surface area contributed by atoms with Crippen LogP contribution in [0.2, 0.25) is 0 Å². The van der Waals surface area contributed by atoms with Crippen molar-refractivity contribution in [3.05, 3.63) is 0 Å². The molecule has 1 aliphatic rings. The molecule has 0 aromatic carbocycles. The van der Waals surface area contributed by atoms with Gasteiger partial charge in [0.05, 0.1) is 25.4 Å². The monoisotopic (exact) mass is 493 g/mol. The van der Waals surface area contributed by atoms with Gasteiger partial charge in [0.2, 0.25) is 0 Å². The highest BCUT2D eigenvalue weighted by Gasteiger charge is 2.45. The molecule has 1 saturated heterocycles. The molecule has 10 nitrogen and oxygen atoms in total. The van der Waals surface area contributed by atoms with Crippen LogP contribution in [0.15, 0.2) is 0 Å². The third-order valence-electron chi connectivity index (χ3n) is 6.48. The number of hydrogen-bond acceptors (Lipinski definition) is 9. The molecule has 0 aromatic rings. The second-order valence-corrected chi connectivity index (χ2v) is 9.39. The summed E-state index contributed by atoms with van der Waals surface area (Å²) in [4.78, 5) is 10.5. The molecule has 0 spiro atoms. The highest BCUT2D eigenvalue weighted by Crippen LogP contribution is 2.25. The lowest BCUT2D eigenvalue weighted by Gasteiger charge is -2.41. The fraction of sp³-hybridized carbons (Fsp3) is 0.958. The van der Waals surface area contributed by atoms with E-state index >= 15 is 0 Å². The number of rotatable bonds is 20. The van der Waals surface area contributed by atoms with Gasteiger partial charge >= 0.3 is 5.97 Å². The van der Waals surface area contributed by atoms with Crippen LogP contribution in [-0.2, 0) is 14.3 Å². The van der Waals surface area contributed by atoms with E-state index in [4.69, 9.17) is 20.3 Å². The smallest absolute Gasteiger partial charge is 0.303 e. The van der Waals surface area contributed by atoms with E-state index in [1.807, 2.05) is 0 Å². The summed E-state index contributed by atoms with van der Waals surface area (Å²) >= 11 is 0. The third kappa shape index (κ3) is 12.2. The summed E-state index contributed by atoms with van der Waals surface area (Å²) in [6, 6.07) is -0.684. The number of aliphatic hydroxyl groups is 5. The molecule has 10 heteroatoms. The van der Waals surface area contributed by atoms with Crippen LogP contribution in [-0.4, -0.2) is 92.7 Å². The Morgan fingerprint density at radius 1 is 0.794 bits per heavy atom. The van der Waals surface area contributed by atoms with Gasteiger partial charge in [-0.3, -0.25) is 4.79 Å².